The monoisotopic (exact) mass is 330 g/mol. The van der Waals surface area contributed by atoms with E-state index in [0.717, 1.165) is 23.8 Å². The van der Waals surface area contributed by atoms with E-state index in [4.69, 9.17) is 12.2 Å². The number of hydrogen-bond donors (Lipinski definition) is 1. The fourth-order valence-electron chi connectivity index (χ4n) is 2.12. The minimum absolute atomic E-state index is 0.734. The van der Waals surface area contributed by atoms with Crippen molar-refractivity contribution in [2.45, 2.75) is 24.8 Å². The highest BCUT2D eigenvalue weighted by Crippen LogP contribution is 2.16. The molecule has 0 amide bonds. The summed E-state index contributed by atoms with van der Waals surface area (Å²) < 4.78 is 0. The quantitative estimate of drug-likeness (QED) is 0.625. The van der Waals surface area contributed by atoms with Crippen LogP contribution in [-0.2, 0) is 13.0 Å². The Bertz CT molecular complexity index is 606. The Kier molecular flexibility index (Phi) is 6.28. The summed E-state index contributed by atoms with van der Waals surface area (Å²) in [6.07, 6.45) is 3.14. The van der Waals surface area contributed by atoms with Gasteiger partial charge in [-0.1, -0.05) is 31.2 Å². The van der Waals surface area contributed by atoms with E-state index in [0.29, 0.717) is 0 Å². The van der Waals surface area contributed by atoms with Gasteiger partial charge in [0.2, 0.25) is 0 Å². The van der Waals surface area contributed by atoms with Crippen LogP contribution in [-0.4, -0.2) is 23.3 Å². The third-order valence-corrected chi connectivity index (χ3v) is 4.70. The molecule has 2 aromatic carbocycles. The molecule has 0 aliphatic carbocycles. The summed E-state index contributed by atoms with van der Waals surface area (Å²) in [5, 5.41) is 4.02. The maximum absolute atomic E-state index is 5.48. The molecule has 2 aromatic rings. The molecule has 116 valence electrons. The van der Waals surface area contributed by atoms with Crippen molar-refractivity contribution < 1.29 is 0 Å². The van der Waals surface area contributed by atoms with Gasteiger partial charge >= 0.3 is 0 Å². The fourth-order valence-corrected chi connectivity index (χ4v) is 2.71. The maximum atomic E-state index is 5.48. The molecule has 22 heavy (non-hydrogen) atoms. The summed E-state index contributed by atoms with van der Waals surface area (Å²) in [5.41, 5.74) is 3.62. The van der Waals surface area contributed by atoms with Crippen LogP contribution >= 0.6 is 24.0 Å². The zero-order valence-electron chi connectivity index (χ0n) is 13.3. The van der Waals surface area contributed by atoms with Crippen LogP contribution in [0.15, 0.2) is 53.4 Å². The van der Waals surface area contributed by atoms with Crippen molar-refractivity contribution in [3.8, 4) is 0 Å². The summed E-state index contributed by atoms with van der Waals surface area (Å²) in [6.45, 7) is 2.96. The summed E-state index contributed by atoms with van der Waals surface area (Å²) in [6, 6.07) is 17.0. The SMILES string of the molecule is CCc1ccc(NC(=S)N(C)Cc2ccc(SC)cc2)cc1. The number of nitrogens with one attached hydrogen (secondary N) is 1. The molecule has 0 aliphatic heterocycles. The molecule has 4 heteroatoms. The van der Waals surface area contributed by atoms with Crippen LogP contribution in [0.3, 0.4) is 0 Å². The molecular formula is C18H22N2S2. The van der Waals surface area contributed by atoms with Gasteiger partial charge in [-0.2, -0.15) is 0 Å². The van der Waals surface area contributed by atoms with E-state index in [1.165, 1.54) is 16.0 Å². The molecular weight excluding hydrogens is 308 g/mol. The first-order valence-corrected chi connectivity index (χ1v) is 8.99. The van der Waals surface area contributed by atoms with Gasteiger partial charge in [0, 0.05) is 24.2 Å². The molecule has 0 bridgehead atoms. The van der Waals surface area contributed by atoms with Crippen molar-refractivity contribution in [1.29, 1.82) is 0 Å². The van der Waals surface area contributed by atoms with Crippen molar-refractivity contribution in [2.75, 3.05) is 18.6 Å². The Morgan fingerprint density at radius 1 is 1.05 bits per heavy atom. The second-order valence-corrected chi connectivity index (χ2v) is 6.45. The van der Waals surface area contributed by atoms with Gasteiger partial charge in [-0.05, 0) is 60.3 Å². The first kappa shape index (κ1) is 16.8. The Labute approximate surface area is 142 Å². The van der Waals surface area contributed by atoms with Crippen molar-refractivity contribution >= 4 is 34.8 Å². The first-order chi connectivity index (χ1) is 10.6. The molecule has 0 aromatic heterocycles. The van der Waals surface area contributed by atoms with Crippen LogP contribution in [0.25, 0.3) is 0 Å². The highest BCUT2D eigenvalue weighted by molar-refractivity contribution is 7.98. The molecule has 0 spiro atoms. The van der Waals surface area contributed by atoms with Gasteiger partial charge in [0.1, 0.15) is 0 Å². The Morgan fingerprint density at radius 3 is 2.18 bits per heavy atom. The molecule has 0 atom stereocenters. The van der Waals surface area contributed by atoms with Crippen molar-refractivity contribution in [3.05, 3.63) is 59.7 Å². The number of thioether (sulfide) groups is 1. The van der Waals surface area contributed by atoms with E-state index in [1.807, 2.05) is 7.05 Å². The number of aryl methyl sites for hydroxylation is 1. The second kappa shape index (κ2) is 8.20. The molecule has 0 heterocycles. The lowest BCUT2D eigenvalue weighted by molar-refractivity contribution is 0.508. The van der Waals surface area contributed by atoms with E-state index >= 15 is 0 Å². The fraction of sp³-hybridized carbons (Fsp3) is 0.278. The predicted octanol–water partition coefficient (Wildman–Crippen LogP) is 4.80. The van der Waals surface area contributed by atoms with Crippen LogP contribution in [0.5, 0.6) is 0 Å². The molecule has 0 saturated heterocycles. The van der Waals surface area contributed by atoms with E-state index in [-0.39, 0.29) is 0 Å². The van der Waals surface area contributed by atoms with Gasteiger partial charge < -0.3 is 10.2 Å². The highest BCUT2D eigenvalue weighted by atomic mass is 32.2. The molecule has 0 fully saturated rings. The molecule has 0 radical (unpaired) electrons. The summed E-state index contributed by atoms with van der Waals surface area (Å²) >= 11 is 7.23. The number of hydrogen-bond acceptors (Lipinski definition) is 2. The van der Waals surface area contributed by atoms with E-state index < -0.39 is 0 Å². The van der Waals surface area contributed by atoms with Crippen molar-refractivity contribution in [3.63, 3.8) is 0 Å². The largest absolute Gasteiger partial charge is 0.348 e. The van der Waals surface area contributed by atoms with Gasteiger partial charge in [-0.15, -0.1) is 11.8 Å². The zero-order valence-corrected chi connectivity index (χ0v) is 14.9. The van der Waals surface area contributed by atoms with Crippen LogP contribution in [0.4, 0.5) is 5.69 Å². The maximum Gasteiger partial charge on any atom is 0.173 e. The summed E-state index contributed by atoms with van der Waals surface area (Å²) in [5.74, 6) is 0. The second-order valence-electron chi connectivity index (χ2n) is 5.18. The Morgan fingerprint density at radius 2 is 1.64 bits per heavy atom. The van der Waals surface area contributed by atoms with E-state index in [2.05, 4.69) is 71.9 Å². The van der Waals surface area contributed by atoms with Crippen LogP contribution in [0.1, 0.15) is 18.1 Å². The minimum atomic E-state index is 0.734. The number of anilines is 1. The van der Waals surface area contributed by atoms with Crippen molar-refractivity contribution in [1.82, 2.24) is 4.90 Å². The molecule has 0 unspecified atom stereocenters. The molecule has 1 N–H and O–H groups in total. The van der Waals surface area contributed by atoms with E-state index in [9.17, 15) is 0 Å². The lowest BCUT2D eigenvalue weighted by Crippen LogP contribution is -2.30. The van der Waals surface area contributed by atoms with Gasteiger partial charge in [0.15, 0.2) is 5.11 Å². The lowest BCUT2D eigenvalue weighted by atomic mass is 10.1. The molecule has 0 saturated carbocycles. The Hall–Kier alpha value is -1.52. The zero-order chi connectivity index (χ0) is 15.9. The van der Waals surface area contributed by atoms with Gasteiger partial charge in [0.25, 0.3) is 0 Å². The summed E-state index contributed by atoms with van der Waals surface area (Å²) in [7, 11) is 2.01. The predicted molar refractivity (Wildman–Crippen MR) is 102 cm³/mol. The van der Waals surface area contributed by atoms with Gasteiger partial charge in [-0.3, -0.25) is 0 Å². The number of thiocarbonyl (C=S) groups is 1. The average molecular weight is 331 g/mol. The normalized spacial score (nSPS) is 10.3. The molecule has 2 rings (SSSR count). The average Bonchev–Trinajstić information content (AvgIpc) is 2.56. The third kappa shape index (κ3) is 4.75. The van der Waals surface area contributed by atoms with Crippen LogP contribution < -0.4 is 5.32 Å². The number of nitrogens with zero attached hydrogens (tertiary/aromatic N) is 1. The molecule has 2 nitrogen and oxygen atoms in total. The minimum Gasteiger partial charge on any atom is -0.348 e. The Balaban J connectivity index is 1.92. The third-order valence-electron chi connectivity index (χ3n) is 3.54. The topological polar surface area (TPSA) is 15.3 Å². The standard InChI is InChI=1S/C18H22N2S2/c1-4-14-5-9-16(10-6-14)19-18(21)20(2)13-15-7-11-17(22-3)12-8-15/h5-12H,4,13H2,1-3H3,(H,19,21). The summed E-state index contributed by atoms with van der Waals surface area (Å²) in [4.78, 5) is 3.33. The van der Waals surface area contributed by atoms with Crippen LogP contribution in [0.2, 0.25) is 0 Å². The number of rotatable bonds is 5. The molecule has 0 aliphatic rings. The van der Waals surface area contributed by atoms with Crippen LogP contribution in [0, 0.1) is 0 Å². The van der Waals surface area contributed by atoms with Crippen molar-refractivity contribution in [2.24, 2.45) is 0 Å². The van der Waals surface area contributed by atoms with Gasteiger partial charge in [-0.25, -0.2) is 0 Å². The van der Waals surface area contributed by atoms with E-state index in [1.54, 1.807) is 11.8 Å². The highest BCUT2D eigenvalue weighted by Gasteiger charge is 2.06. The first-order valence-electron chi connectivity index (χ1n) is 7.36. The van der Waals surface area contributed by atoms with Gasteiger partial charge in [0.05, 0.1) is 0 Å². The smallest absolute Gasteiger partial charge is 0.173 e. The lowest BCUT2D eigenvalue weighted by Gasteiger charge is -2.21. The number of benzene rings is 2.